The minimum absolute atomic E-state index is 0.0483. The lowest BCUT2D eigenvalue weighted by atomic mass is 9.83. The van der Waals surface area contributed by atoms with Crippen molar-refractivity contribution in [1.82, 2.24) is 20.7 Å². The van der Waals surface area contributed by atoms with Crippen LogP contribution in [0.15, 0.2) is 77.5 Å². The molecule has 3 heterocycles. The molecule has 5 rings (SSSR count). The lowest BCUT2D eigenvalue weighted by Gasteiger charge is -2.31. The number of hydrogen-bond acceptors (Lipinski definition) is 5. The number of aromatic hydroxyl groups is 1. The van der Waals surface area contributed by atoms with Gasteiger partial charge in [0.2, 0.25) is 5.91 Å². The lowest BCUT2D eigenvalue weighted by molar-refractivity contribution is -0.131. The van der Waals surface area contributed by atoms with Crippen molar-refractivity contribution in [2.75, 3.05) is 0 Å². The van der Waals surface area contributed by atoms with Gasteiger partial charge >= 0.3 is 0 Å². The first-order chi connectivity index (χ1) is 14.6. The van der Waals surface area contributed by atoms with E-state index in [1.54, 1.807) is 24.5 Å². The largest absolute Gasteiger partial charge is 0.508 e. The Bertz CT molecular complexity index is 1080. The second-order valence-electron chi connectivity index (χ2n) is 7.70. The van der Waals surface area contributed by atoms with Gasteiger partial charge in [-0.25, -0.2) is 10.9 Å². The van der Waals surface area contributed by atoms with Gasteiger partial charge < -0.3 is 10.0 Å². The van der Waals surface area contributed by atoms with Crippen molar-refractivity contribution in [2.45, 2.75) is 24.7 Å². The first kappa shape index (κ1) is 19.2. The second-order valence-corrected chi connectivity index (χ2v) is 8.62. The molecule has 0 aliphatic carbocycles. The Morgan fingerprint density at radius 2 is 1.77 bits per heavy atom. The summed E-state index contributed by atoms with van der Waals surface area (Å²) in [5.41, 5.74) is 9.34. The molecule has 6 nitrogen and oxygen atoms in total. The van der Waals surface area contributed by atoms with Crippen molar-refractivity contribution in [1.29, 1.82) is 0 Å². The van der Waals surface area contributed by atoms with Crippen molar-refractivity contribution in [3.05, 3.63) is 94.2 Å². The van der Waals surface area contributed by atoms with Crippen molar-refractivity contribution < 1.29 is 9.90 Å². The number of para-hydroxylation sites is 1. The van der Waals surface area contributed by atoms with Gasteiger partial charge in [0.05, 0.1) is 12.1 Å². The third-order valence-electron chi connectivity index (χ3n) is 5.98. The van der Waals surface area contributed by atoms with Gasteiger partial charge in [-0.1, -0.05) is 46.3 Å². The molecule has 3 N–H and O–H groups in total. The Labute approximate surface area is 183 Å². The van der Waals surface area contributed by atoms with Gasteiger partial charge in [0.25, 0.3) is 0 Å². The predicted octanol–water partition coefficient (Wildman–Crippen LogP) is 3.47. The summed E-state index contributed by atoms with van der Waals surface area (Å²) in [7, 11) is 0. The maximum absolute atomic E-state index is 13.5. The van der Waals surface area contributed by atoms with Crippen molar-refractivity contribution >= 4 is 21.8 Å². The lowest BCUT2D eigenvalue weighted by Crippen LogP contribution is -2.41. The van der Waals surface area contributed by atoms with E-state index in [1.165, 1.54) is 0 Å². The average molecular weight is 465 g/mol. The molecule has 0 saturated carbocycles. The summed E-state index contributed by atoms with van der Waals surface area (Å²) in [5, 5.41) is 10.5. The number of halogens is 1. The number of nitrogens with one attached hydrogen (secondary N) is 2. The van der Waals surface area contributed by atoms with Crippen LogP contribution in [0.5, 0.6) is 5.75 Å². The number of carbonyl (C=O) groups is 1. The molecule has 0 radical (unpaired) electrons. The minimum Gasteiger partial charge on any atom is -0.508 e. The number of amides is 1. The molecular formula is C23H21BrN4O2. The number of rotatable bonds is 4. The molecule has 0 spiro atoms. The zero-order valence-electron chi connectivity index (χ0n) is 16.1. The van der Waals surface area contributed by atoms with Crippen molar-refractivity contribution in [2.24, 2.45) is 5.92 Å². The molecule has 152 valence electrons. The summed E-state index contributed by atoms with van der Waals surface area (Å²) < 4.78 is 0.970. The number of carbonyl (C=O) groups excluding carboxylic acids is 1. The van der Waals surface area contributed by atoms with Gasteiger partial charge in [-0.2, -0.15) is 0 Å². The van der Waals surface area contributed by atoms with E-state index in [1.807, 2.05) is 41.3 Å². The van der Waals surface area contributed by atoms with Crippen molar-refractivity contribution in [3.8, 4) is 5.75 Å². The Balaban J connectivity index is 1.59. The zero-order chi connectivity index (χ0) is 20.7. The zero-order valence-corrected chi connectivity index (χ0v) is 17.7. The number of likely N-dealkylation sites (tertiary alicyclic amines) is 1. The van der Waals surface area contributed by atoms with E-state index in [0.29, 0.717) is 6.54 Å². The number of hydrazine groups is 1. The normalized spacial score (nSPS) is 25.5. The van der Waals surface area contributed by atoms with E-state index >= 15 is 0 Å². The highest BCUT2D eigenvalue weighted by atomic mass is 79.9. The number of phenols is 1. The van der Waals surface area contributed by atoms with Gasteiger partial charge in [-0.3, -0.25) is 9.78 Å². The van der Waals surface area contributed by atoms with E-state index < -0.39 is 0 Å². The second kappa shape index (κ2) is 7.83. The number of fused-ring (bicyclic) bond motifs is 1. The molecule has 2 aromatic carbocycles. The molecule has 2 saturated heterocycles. The average Bonchev–Trinajstić information content (AvgIpc) is 3.29. The maximum atomic E-state index is 13.5. The minimum atomic E-state index is -0.375. The van der Waals surface area contributed by atoms with Crippen molar-refractivity contribution in [3.63, 3.8) is 0 Å². The van der Waals surface area contributed by atoms with Crippen LogP contribution in [-0.4, -0.2) is 26.9 Å². The molecule has 2 aliphatic rings. The van der Waals surface area contributed by atoms with Crippen LogP contribution < -0.4 is 10.9 Å². The highest BCUT2D eigenvalue weighted by molar-refractivity contribution is 9.10. The summed E-state index contributed by atoms with van der Waals surface area (Å²) in [5.74, 6) is 0.194. The first-order valence-electron chi connectivity index (χ1n) is 9.87. The maximum Gasteiger partial charge on any atom is 0.242 e. The van der Waals surface area contributed by atoms with Crippen LogP contribution in [0.1, 0.15) is 28.8 Å². The van der Waals surface area contributed by atoms with Crippen LogP contribution in [0.25, 0.3) is 0 Å². The highest BCUT2D eigenvalue weighted by Gasteiger charge is 2.55. The molecule has 3 aromatic rings. The van der Waals surface area contributed by atoms with Gasteiger partial charge in [0.1, 0.15) is 11.8 Å². The molecule has 1 aromatic heterocycles. The Morgan fingerprint density at radius 1 is 1.00 bits per heavy atom. The third-order valence-corrected chi connectivity index (χ3v) is 6.47. The fraction of sp³-hybridized carbons (Fsp3) is 0.217. The van der Waals surface area contributed by atoms with Crippen LogP contribution in [0.4, 0.5) is 0 Å². The van der Waals surface area contributed by atoms with E-state index in [2.05, 4.69) is 43.9 Å². The summed E-state index contributed by atoms with van der Waals surface area (Å²) in [6, 6.07) is 18.6. The molecule has 2 aliphatic heterocycles. The molecule has 0 bridgehead atoms. The quantitative estimate of drug-likeness (QED) is 0.550. The number of nitrogens with zero attached hydrogens (tertiary/aromatic N) is 2. The SMILES string of the molecule is O=C1C2NNC(c3ccccc3O)C2C(c2cccc(Br)c2)N1Cc1ccncc1. The van der Waals surface area contributed by atoms with Gasteiger partial charge in [0.15, 0.2) is 0 Å². The van der Waals surface area contributed by atoms with Crippen LogP contribution in [0.2, 0.25) is 0 Å². The predicted molar refractivity (Wildman–Crippen MR) is 116 cm³/mol. The number of aromatic nitrogens is 1. The molecule has 2 fully saturated rings. The first-order valence-corrected chi connectivity index (χ1v) is 10.7. The van der Waals surface area contributed by atoms with Crippen LogP contribution in [0, 0.1) is 5.92 Å². The standard InChI is InChI=1S/C23H21BrN4O2/c24-16-5-3-4-15(12-16)22-19-20(17-6-1-2-7-18(17)29)26-27-21(19)23(30)28(22)13-14-8-10-25-11-9-14/h1-12,19-22,26-27,29H,13H2. The molecule has 30 heavy (non-hydrogen) atoms. The molecule has 4 atom stereocenters. The summed E-state index contributed by atoms with van der Waals surface area (Å²) in [6.45, 7) is 0.501. The molecular weight excluding hydrogens is 444 g/mol. The van der Waals surface area contributed by atoms with Gasteiger partial charge in [-0.15, -0.1) is 0 Å². The Morgan fingerprint density at radius 3 is 2.53 bits per heavy atom. The fourth-order valence-corrected chi connectivity index (χ4v) is 5.09. The van der Waals surface area contributed by atoms with Gasteiger partial charge in [0, 0.05) is 34.9 Å². The number of hydrogen-bond donors (Lipinski definition) is 3. The number of benzene rings is 2. The topological polar surface area (TPSA) is 77.5 Å². The van der Waals surface area contributed by atoms with Crippen LogP contribution >= 0.6 is 15.9 Å². The fourth-order valence-electron chi connectivity index (χ4n) is 4.67. The van der Waals surface area contributed by atoms with E-state index in [4.69, 9.17) is 0 Å². The summed E-state index contributed by atoms with van der Waals surface area (Å²) >= 11 is 3.57. The van der Waals surface area contributed by atoms with Gasteiger partial charge in [-0.05, 0) is 41.5 Å². The Hall–Kier alpha value is -2.74. The van der Waals surface area contributed by atoms with E-state index in [0.717, 1.165) is 21.2 Å². The molecule has 4 unspecified atom stereocenters. The summed E-state index contributed by atoms with van der Waals surface area (Å²) in [4.78, 5) is 19.5. The van der Waals surface area contributed by atoms with Crippen LogP contribution in [-0.2, 0) is 11.3 Å². The van der Waals surface area contributed by atoms with E-state index in [9.17, 15) is 9.90 Å². The summed E-state index contributed by atoms with van der Waals surface area (Å²) in [6.07, 6.45) is 3.49. The Kier molecular flexibility index (Phi) is 5.02. The number of phenolic OH excluding ortho intramolecular Hbond substituents is 1. The number of pyridine rings is 1. The molecule has 1 amide bonds. The monoisotopic (exact) mass is 464 g/mol. The third kappa shape index (κ3) is 3.29. The van der Waals surface area contributed by atoms with E-state index in [-0.39, 0.29) is 35.7 Å². The smallest absolute Gasteiger partial charge is 0.242 e. The highest BCUT2D eigenvalue weighted by Crippen LogP contribution is 2.49. The van der Waals surface area contributed by atoms with Crippen LogP contribution in [0.3, 0.4) is 0 Å². The molecule has 7 heteroatoms.